The maximum atomic E-state index is 11.5. The van der Waals surface area contributed by atoms with Gasteiger partial charge in [-0.05, 0) is 6.07 Å². The van der Waals surface area contributed by atoms with E-state index in [9.17, 15) is 9.59 Å². The quantitative estimate of drug-likeness (QED) is 0.702. The average Bonchev–Trinajstić information content (AvgIpc) is 2.14. The van der Waals surface area contributed by atoms with Gasteiger partial charge in [-0.3, -0.25) is 9.59 Å². The van der Waals surface area contributed by atoms with Crippen molar-refractivity contribution in [3.8, 4) is 0 Å². The molecular formula is C10H6ClNO2. The fourth-order valence-corrected chi connectivity index (χ4v) is 1.67. The lowest BCUT2D eigenvalue weighted by Crippen LogP contribution is -2.21. The van der Waals surface area contributed by atoms with E-state index in [4.69, 9.17) is 17.3 Å². The molecule has 1 aromatic rings. The largest absolute Gasteiger partial charge is 0.395 e. The molecule has 0 saturated heterocycles. The van der Waals surface area contributed by atoms with Gasteiger partial charge in [0.25, 0.3) is 0 Å². The molecule has 1 aliphatic rings. The number of ketones is 2. The summed E-state index contributed by atoms with van der Waals surface area (Å²) in [5, 5.41) is 0.282. The highest BCUT2D eigenvalue weighted by molar-refractivity contribution is 6.37. The predicted molar refractivity (Wildman–Crippen MR) is 52.4 cm³/mol. The Labute approximate surface area is 85.2 Å². The van der Waals surface area contributed by atoms with Crippen LogP contribution >= 0.6 is 11.6 Å². The first kappa shape index (κ1) is 8.97. The minimum absolute atomic E-state index is 0.0373. The van der Waals surface area contributed by atoms with E-state index in [1.807, 2.05) is 0 Å². The molecule has 1 aromatic carbocycles. The second-order valence-electron chi connectivity index (χ2n) is 2.96. The fraction of sp³-hybridized carbons (Fsp3) is 0. The number of halogens is 1. The van der Waals surface area contributed by atoms with Crippen LogP contribution in [0.3, 0.4) is 0 Å². The lowest BCUT2D eigenvalue weighted by atomic mass is 9.93. The predicted octanol–water partition coefficient (Wildman–Crippen LogP) is 1.56. The number of hydrogen-bond donors (Lipinski definition) is 1. The van der Waals surface area contributed by atoms with Gasteiger partial charge in [0.2, 0.25) is 5.78 Å². The highest BCUT2D eigenvalue weighted by Crippen LogP contribution is 2.25. The highest BCUT2D eigenvalue weighted by Gasteiger charge is 2.25. The minimum Gasteiger partial charge on any atom is -0.395 e. The summed E-state index contributed by atoms with van der Waals surface area (Å²) < 4.78 is 0. The van der Waals surface area contributed by atoms with E-state index in [0.29, 0.717) is 0 Å². The number of hydrogen-bond acceptors (Lipinski definition) is 3. The number of allylic oxidation sites excluding steroid dienone is 2. The summed E-state index contributed by atoms with van der Waals surface area (Å²) in [5.74, 6) is -0.662. The summed E-state index contributed by atoms with van der Waals surface area (Å²) in [6.07, 6.45) is 1.11. The van der Waals surface area contributed by atoms with Gasteiger partial charge >= 0.3 is 0 Å². The van der Waals surface area contributed by atoms with Crippen LogP contribution in [-0.4, -0.2) is 11.6 Å². The van der Waals surface area contributed by atoms with Crippen molar-refractivity contribution in [1.29, 1.82) is 0 Å². The van der Waals surface area contributed by atoms with Crippen LogP contribution in [0.5, 0.6) is 0 Å². The van der Waals surface area contributed by atoms with Gasteiger partial charge in [0, 0.05) is 11.6 Å². The zero-order valence-electron chi connectivity index (χ0n) is 7.08. The van der Waals surface area contributed by atoms with Crippen LogP contribution in [0, 0.1) is 0 Å². The Balaban J connectivity index is 2.75. The second-order valence-corrected chi connectivity index (χ2v) is 3.36. The van der Waals surface area contributed by atoms with Crippen molar-refractivity contribution >= 4 is 23.2 Å². The summed E-state index contributed by atoms with van der Waals surface area (Å²) in [6.45, 7) is 0. The molecule has 0 radical (unpaired) electrons. The Morgan fingerprint density at radius 2 is 1.93 bits per heavy atom. The molecular weight excluding hydrogens is 202 g/mol. The maximum absolute atomic E-state index is 11.5. The zero-order chi connectivity index (χ0) is 10.3. The van der Waals surface area contributed by atoms with Crippen molar-refractivity contribution in [2.24, 2.45) is 5.73 Å². The molecule has 14 heavy (non-hydrogen) atoms. The number of fused-ring (bicyclic) bond motifs is 1. The molecule has 3 nitrogen and oxygen atoms in total. The third-order valence-corrected chi connectivity index (χ3v) is 2.37. The van der Waals surface area contributed by atoms with Gasteiger partial charge in [0.1, 0.15) is 0 Å². The van der Waals surface area contributed by atoms with Crippen LogP contribution in [0.2, 0.25) is 5.02 Å². The number of carbonyl (C=O) groups excluding carboxylic acids is 2. The normalized spacial score (nSPS) is 15.1. The molecule has 4 heteroatoms. The molecule has 0 atom stereocenters. The maximum Gasteiger partial charge on any atom is 0.209 e. The van der Waals surface area contributed by atoms with E-state index >= 15 is 0 Å². The molecule has 0 spiro atoms. The van der Waals surface area contributed by atoms with Crippen LogP contribution < -0.4 is 5.73 Å². The van der Waals surface area contributed by atoms with E-state index in [1.54, 1.807) is 18.2 Å². The molecule has 1 aliphatic carbocycles. The Kier molecular flexibility index (Phi) is 1.89. The zero-order valence-corrected chi connectivity index (χ0v) is 7.84. The fourth-order valence-electron chi connectivity index (χ4n) is 1.40. The number of benzene rings is 1. The molecule has 0 saturated carbocycles. The number of carbonyl (C=O) groups is 2. The Bertz CT molecular complexity index is 477. The molecule has 0 unspecified atom stereocenters. The van der Waals surface area contributed by atoms with E-state index in [-0.39, 0.29) is 33.4 Å². The number of nitrogens with two attached hydrogens (primary N) is 1. The Hall–Kier alpha value is -1.61. The van der Waals surface area contributed by atoms with E-state index in [0.717, 1.165) is 6.08 Å². The van der Waals surface area contributed by atoms with Crippen molar-refractivity contribution in [1.82, 2.24) is 0 Å². The minimum atomic E-state index is -0.345. The summed E-state index contributed by atoms with van der Waals surface area (Å²) >= 11 is 5.81. The molecule has 0 fully saturated rings. The van der Waals surface area contributed by atoms with E-state index in [1.165, 1.54) is 0 Å². The number of rotatable bonds is 0. The van der Waals surface area contributed by atoms with Crippen LogP contribution in [0.15, 0.2) is 30.0 Å². The molecule has 0 amide bonds. The standard InChI is InChI=1S/C10H6ClNO2/c11-6-3-1-2-5-9(6)8(13)4-7(12)10(5)14/h1-4H,12H2. The Morgan fingerprint density at radius 3 is 2.64 bits per heavy atom. The monoisotopic (exact) mass is 207 g/mol. The molecule has 2 rings (SSSR count). The summed E-state index contributed by atoms with van der Waals surface area (Å²) in [4.78, 5) is 23.0. The average molecular weight is 208 g/mol. The van der Waals surface area contributed by atoms with E-state index in [2.05, 4.69) is 0 Å². The summed E-state index contributed by atoms with van der Waals surface area (Å²) in [7, 11) is 0. The molecule has 0 bridgehead atoms. The first-order valence-electron chi connectivity index (χ1n) is 3.96. The van der Waals surface area contributed by atoms with Gasteiger partial charge in [-0.15, -0.1) is 0 Å². The molecule has 0 aromatic heterocycles. The van der Waals surface area contributed by atoms with Crippen LogP contribution in [0.25, 0.3) is 0 Å². The van der Waals surface area contributed by atoms with Gasteiger partial charge in [-0.1, -0.05) is 23.7 Å². The SMILES string of the molecule is NC1=CC(=O)c2c(Cl)cccc2C1=O. The Morgan fingerprint density at radius 1 is 1.21 bits per heavy atom. The van der Waals surface area contributed by atoms with Crippen molar-refractivity contribution in [2.45, 2.75) is 0 Å². The topological polar surface area (TPSA) is 60.2 Å². The third-order valence-electron chi connectivity index (χ3n) is 2.05. The van der Waals surface area contributed by atoms with Crippen molar-refractivity contribution < 1.29 is 9.59 Å². The van der Waals surface area contributed by atoms with Gasteiger partial charge in [0.15, 0.2) is 5.78 Å². The van der Waals surface area contributed by atoms with Gasteiger partial charge in [-0.2, -0.15) is 0 Å². The van der Waals surface area contributed by atoms with Crippen molar-refractivity contribution in [3.63, 3.8) is 0 Å². The molecule has 0 aliphatic heterocycles. The highest BCUT2D eigenvalue weighted by atomic mass is 35.5. The van der Waals surface area contributed by atoms with Crippen LogP contribution in [0.1, 0.15) is 20.7 Å². The summed E-state index contributed by atoms with van der Waals surface area (Å²) in [5.41, 5.74) is 5.87. The lowest BCUT2D eigenvalue weighted by molar-refractivity contribution is 0.0983. The first-order chi connectivity index (χ1) is 6.61. The van der Waals surface area contributed by atoms with Gasteiger partial charge in [0.05, 0.1) is 16.3 Å². The third kappa shape index (κ3) is 1.14. The molecule has 0 heterocycles. The van der Waals surface area contributed by atoms with Crippen LogP contribution in [-0.2, 0) is 0 Å². The summed E-state index contributed by atoms with van der Waals surface area (Å²) in [6, 6.07) is 4.73. The van der Waals surface area contributed by atoms with Gasteiger partial charge < -0.3 is 5.73 Å². The molecule has 2 N–H and O–H groups in total. The van der Waals surface area contributed by atoms with Crippen molar-refractivity contribution in [3.05, 3.63) is 46.1 Å². The van der Waals surface area contributed by atoms with Gasteiger partial charge in [-0.25, -0.2) is 0 Å². The number of Topliss-reactive ketones (excluding diaryl/α,β-unsaturated/α-hetero) is 1. The first-order valence-corrected chi connectivity index (χ1v) is 4.34. The van der Waals surface area contributed by atoms with E-state index < -0.39 is 0 Å². The molecule has 70 valence electrons. The second kappa shape index (κ2) is 2.96. The van der Waals surface area contributed by atoms with Crippen molar-refractivity contribution in [2.75, 3.05) is 0 Å². The van der Waals surface area contributed by atoms with Crippen LogP contribution in [0.4, 0.5) is 0 Å². The smallest absolute Gasteiger partial charge is 0.209 e. The lowest BCUT2D eigenvalue weighted by Gasteiger charge is -2.12.